The lowest BCUT2D eigenvalue weighted by Crippen LogP contribution is -2.50. The largest absolute Gasteiger partial charge is 0.353 e. The lowest BCUT2D eigenvalue weighted by Gasteiger charge is -2.38. The Hall–Kier alpha value is -0.570. The van der Waals surface area contributed by atoms with E-state index in [1.54, 1.807) is 0 Å². The molecule has 2 rings (SSSR count). The minimum atomic E-state index is 0.0637. The van der Waals surface area contributed by atoms with Crippen molar-refractivity contribution in [1.29, 1.82) is 0 Å². The van der Waals surface area contributed by atoms with Crippen LogP contribution in [0.2, 0.25) is 0 Å². The molecule has 0 heterocycles. The molecule has 0 spiro atoms. The normalized spacial score (nSPS) is 33.6. The van der Waals surface area contributed by atoms with Gasteiger partial charge >= 0.3 is 0 Å². The molecule has 2 unspecified atom stereocenters. The van der Waals surface area contributed by atoms with Crippen molar-refractivity contribution in [3.05, 3.63) is 0 Å². The van der Waals surface area contributed by atoms with Crippen LogP contribution in [-0.4, -0.2) is 24.5 Å². The van der Waals surface area contributed by atoms with Crippen LogP contribution in [0.4, 0.5) is 0 Å². The van der Waals surface area contributed by atoms with Gasteiger partial charge in [0.05, 0.1) is 0 Å². The van der Waals surface area contributed by atoms with E-state index >= 15 is 0 Å². The van der Waals surface area contributed by atoms with E-state index in [1.165, 1.54) is 25.7 Å². The van der Waals surface area contributed by atoms with Crippen LogP contribution in [0.3, 0.4) is 0 Å². The van der Waals surface area contributed by atoms with Gasteiger partial charge in [0.25, 0.3) is 0 Å². The van der Waals surface area contributed by atoms with Crippen LogP contribution in [0.15, 0.2) is 0 Å². The molecule has 3 nitrogen and oxygen atoms in total. The molecule has 0 saturated heterocycles. The molecular formula is C17H32N2O. The van der Waals surface area contributed by atoms with Crippen LogP contribution < -0.4 is 10.6 Å². The van der Waals surface area contributed by atoms with Gasteiger partial charge in [0.1, 0.15) is 0 Å². The molecule has 0 aromatic carbocycles. The Labute approximate surface area is 124 Å². The van der Waals surface area contributed by atoms with Crippen LogP contribution in [-0.2, 0) is 4.79 Å². The number of carbonyl (C=O) groups is 1. The third kappa shape index (κ3) is 4.21. The highest BCUT2D eigenvalue weighted by molar-refractivity contribution is 5.77. The summed E-state index contributed by atoms with van der Waals surface area (Å²) >= 11 is 0. The SMILES string of the molecule is CNC1(CC(=O)NC2CC(C)CC(C)C2)CCCCC1. The summed E-state index contributed by atoms with van der Waals surface area (Å²) in [5.74, 6) is 1.75. The van der Waals surface area contributed by atoms with Gasteiger partial charge in [-0.1, -0.05) is 33.1 Å². The van der Waals surface area contributed by atoms with Crippen LogP contribution in [0.25, 0.3) is 0 Å². The topological polar surface area (TPSA) is 41.1 Å². The first-order chi connectivity index (χ1) is 9.53. The zero-order valence-electron chi connectivity index (χ0n) is 13.5. The van der Waals surface area contributed by atoms with Gasteiger partial charge in [-0.25, -0.2) is 0 Å². The highest BCUT2D eigenvalue weighted by Crippen LogP contribution is 2.32. The van der Waals surface area contributed by atoms with Gasteiger partial charge in [0.2, 0.25) is 5.91 Å². The third-order valence-corrected chi connectivity index (χ3v) is 5.38. The molecule has 2 atom stereocenters. The highest BCUT2D eigenvalue weighted by atomic mass is 16.1. The Kier molecular flexibility index (Phi) is 5.48. The molecule has 2 fully saturated rings. The summed E-state index contributed by atoms with van der Waals surface area (Å²) in [5, 5.41) is 6.75. The average Bonchev–Trinajstić information content (AvgIpc) is 2.38. The fourth-order valence-corrected chi connectivity index (χ4v) is 4.39. The highest BCUT2D eigenvalue weighted by Gasteiger charge is 2.33. The second-order valence-corrected chi connectivity index (χ2v) is 7.45. The zero-order valence-corrected chi connectivity index (χ0v) is 13.5. The van der Waals surface area contributed by atoms with E-state index in [0.29, 0.717) is 12.5 Å². The molecule has 0 aliphatic heterocycles. The first kappa shape index (κ1) is 15.8. The Morgan fingerprint density at radius 2 is 1.65 bits per heavy atom. The minimum absolute atomic E-state index is 0.0637. The molecule has 2 aliphatic rings. The third-order valence-electron chi connectivity index (χ3n) is 5.38. The van der Waals surface area contributed by atoms with E-state index in [2.05, 4.69) is 24.5 Å². The van der Waals surface area contributed by atoms with E-state index in [0.717, 1.165) is 37.5 Å². The van der Waals surface area contributed by atoms with Crippen molar-refractivity contribution >= 4 is 5.91 Å². The maximum Gasteiger partial charge on any atom is 0.222 e. The summed E-state index contributed by atoms with van der Waals surface area (Å²) in [6.07, 6.45) is 10.4. The van der Waals surface area contributed by atoms with Crippen molar-refractivity contribution in [2.24, 2.45) is 11.8 Å². The molecule has 2 N–H and O–H groups in total. The Morgan fingerprint density at radius 3 is 2.20 bits per heavy atom. The second kappa shape index (κ2) is 6.93. The van der Waals surface area contributed by atoms with Crippen molar-refractivity contribution in [1.82, 2.24) is 10.6 Å². The Bertz CT molecular complexity index is 313. The molecule has 3 heteroatoms. The monoisotopic (exact) mass is 280 g/mol. The Balaban J connectivity index is 1.84. The molecule has 2 aliphatic carbocycles. The number of amides is 1. The summed E-state index contributed by atoms with van der Waals surface area (Å²) in [6, 6.07) is 0.402. The van der Waals surface area contributed by atoms with E-state index < -0.39 is 0 Å². The number of carbonyl (C=O) groups excluding carboxylic acids is 1. The van der Waals surface area contributed by atoms with Gasteiger partial charge in [-0.3, -0.25) is 4.79 Å². The summed E-state index contributed by atoms with van der Waals surface area (Å²) in [4.78, 5) is 12.4. The quantitative estimate of drug-likeness (QED) is 0.830. The van der Waals surface area contributed by atoms with Crippen molar-refractivity contribution in [2.45, 2.75) is 83.2 Å². The van der Waals surface area contributed by atoms with Crippen molar-refractivity contribution in [3.8, 4) is 0 Å². The molecule has 20 heavy (non-hydrogen) atoms. The van der Waals surface area contributed by atoms with Crippen LogP contribution in [0.1, 0.15) is 71.6 Å². The lowest BCUT2D eigenvalue weighted by molar-refractivity contribution is -0.124. The molecule has 0 aromatic heterocycles. The molecular weight excluding hydrogens is 248 g/mol. The summed E-state index contributed by atoms with van der Waals surface area (Å²) in [5.41, 5.74) is 0.0637. The smallest absolute Gasteiger partial charge is 0.222 e. The molecule has 2 saturated carbocycles. The first-order valence-electron chi connectivity index (χ1n) is 8.51. The lowest BCUT2D eigenvalue weighted by atomic mass is 9.78. The first-order valence-corrected chi connectivity index (χ1v) is 8.51. The fourth-order valence-electron chi connectivity index (χ4n) is 4.39. The van der Waals surface area contributed by atoms with Crippen molar-refractivity contribution < 1.29 is 4.79 Å². The van der Waals surface area contributed by atoms with Gasteiger partial charge in [0, 0.05) is 18.0 Å². The number of rotatable bonds is 4. The van der Waals surface area contributed by atoms with Crippen LogP contribution in [0.5, 0.6) is 0 Å². The zero-order chi connectivity index (χ0) is 14.6. The summed E-state index contributed by atoms with van der Waals surface area (Å²) in [6.45, 7) is 4.62. The maximum absolute atomic E-state index is 12.4. The van der Waals surface area contributed by atoms with Gasteiger partial charge in [-0.2, -0.15) is 0 Å². The van der Waals surface area contributed by atoms with Gasteiger partial charge in [-0.05, 0) is 51.0 Å². The van der Waals surface area contributed by atoms with Crippen molar-refractivity contribution in [2.75, 3.05) is 7.05 Å². The maximum atomic E-state index is 12.4. The van der Waals surface area contributed by atoms with E-state index in [-0.39, 0.29) is 11.4 Å². The summed E-state index contributed by atoms with van der Waals surface area (Å²) < 4.78 is 0. The summed E-state index contributed by atoms with van der Waals surface area (Å²) in [7, 11) is 2.02. The van der Waals surface area contributed by atoms with Gasteiger partial charge < -0.3 is 10.6 Å². The van der Waals surface area contributed by atoms with Gasteiger partial charge in [-0.15, -0.1) is 0 Å². The van der Waals surface area contributed by atoms with E-state index in [4.69, 9.17) is 0 Å². The molecule has 0 aromatic rings. The predicted molar refractivity (Wildman–Crippen MR) is 83.6 cm³/mol. The molecule has 0 radical (unpaired) electrons. The van der Waals surface area contributed by atoms with Crippen LogP contribution >= 0.6 is 0 Å². The molecule has 116 valence electrons. The average molecular weight is 280 g/mol. The van der Waals surface area contributed by atoms with Crippen molar-refractivity contribution in [3.63, 3.8) is 0 Å². The second-order valence-electron chi connectivity index (χ2n) is 7.45. The predicted octanol–water partition coefficient (Wildman–Crippen LogP) is 3.24. The number of hydrogen-bond acceptors (Lipinski definition) is 2. The van der Waals surface area contributed by atoms with E-state index in [1.807, 2.05) is 7.05 Å². The van der Waals surface area contributed by atoms with Crippen LogP contribution in [0, 0.1) is 11.8 Å². The minimum Gasteiger partial charge on any atom is -0.353 e. The number of nitrogens with one attached hydrogen (secondary N) is 2. The standard InChI is InChI=1S/C17H32N2O/c1-13-9-14(2)11-15(10-13)19-16(20)12-17(18-3)7-5-4-6-8-17/h13-15,18H,4-12H2,1-3H3,(H,19,20). The Morgan fingerprint density at radius 1 is 1.05 bits per heavy atom. The fraction of sp³-hybridized carbons (Fsp3) is 0.941. The molecule has 1 amide bonds. The van der Waals surface area contributed by atoms with Gasteiger partial charge in [0.15, 0.2) is 0 Å². The number of hydrogen-bond donors (Lipinski definition) is 2. The van der Waals surface area contributed by atoms with E-state index in [9.17, 15) is 4.79 Å². The molecule has 0 bridgehead atoms.